The maximum absolute atomic E-state index is 8.97. The summed E-state index contributed by atoms with van der Waals surface area (Å²) in [6, 6.07) is 0. The SMILES string of the molecule is CC(O)C(=N\O)/C(=N/O)C(C)O. The molecule has 0 rings (SSSR count). The number of nitrogens with zero attached hydrogens (tertiary/aromatic N) is 2. The molecule has 0 spiro atoms. The fraction of sp³-hybridized carbons (Fsp3) is 0.667. The standard InChI is InChI=1S/C6H12N2O4/c1-3(9)5(7-11)6(8-12)4(2)10/h3-4,9-12H,1-2H3/b7-5+,8-6+. The Morgan fingerprint density at radius 1 is 0.917 bits per heavy atom. The van der Waals surface area contributed by atoms with Crippen LogP contribution in [-0.4, -0.2) is 44.3 Å². The lowest BCUT2D eigenvalue weighted by Gasteiger charge is -2.10. The number of rotatable bonds is 3. The molecule has 0 radical (unpaired) electrons. The van der Waals surface area contributed by atoms with E-state index in [1.807, 2.05) is 0 Å². The zero-order chi connectivity index (χ0) is 9.72. The van der Waals surface area contributed by atoms with Crippen LogP contribution in [0.2, 0.25) is 0 Å². The first-order valence-corrected chi connectivity index (χ1v) is 3.35. The van der Waals surface area contributed by atoms with Gasteiger partial charge in [0.25, 0.3) is 0 Å². The van der Waals surface area contributed by atoms with Crippen molar-refractivity contribution in [3.8, 4) is 0 Å². The largest absolute Gasteiger partial charge is 0.411 e. The van der Waals surface area contributed by atoms with Gasteiger partial charge in [-0.25, -0.2) is 0 Å². The summed E-state index contributed by atoms with van der Waals surface area (Å²) in [5.41, 5.74) is -0.514. The van der Waals surface area contributed by atoms with Crippen LogP contribution in [0.5, 0.6) is 0 Å². The topological polar surface area (TPSA) is 106 Å². The molecule has 2 atom stereocenters. The zero-order valence-corrected chi connectivity index (χ0v) is 6.84. The second kappa shape index (κ2) is 4.68. The fourth-order valence-electron chi connectivity index (χ4n) is 0.698. The molecule has 0 aliphatic heterocycles. The molecule has 0 aromatic carbocycles. The van der Waals surface area contributed by atoms with Gasteiger partial charge in [-0.1, -0.05) is 10.3 Å². The van der Waals surface area contributed by atoms with Gasteiger partial charge < -0.3 is 20.6 Å². The van der Waals surface area contributed by atoms with Crippen molar-refractivity contribution < 1.29 is 20.6 Å². The molecule has 0 aliphatic rings. The number of hydrogen-bond acceptors (Lipinski definition) is 6. The van der Waals surface area contributed by atoms with Gasteiger partial charge in [-0.05, 0) is 13.8 Å². The van der Waals surface area contributed by atoms with Gasteiger partial charge in [-0.15, -0.1) is 0 Å². The Kier molecular flexibility index (Phi) is 4.24. The van der Waals surface area contributed by atoms with Crippen molar-refractivity contribution in [2.45, 2.75) is 26.1 Å². The summed E-state index contributed by atoms with van der Waals surface area (Å²) in [7, 11) is 0. The van der Waals surface area contributed by atoms with Crippen LogP contribution >= 0.6 is 0 Å². The molecule has 0 amide bonds. The molecule has 12 heavy (non-hydrogen) atoms. The Morgan fingerprint density at radius 3 is 1.25 bits per heavy atom. The van der Waals surface area contributed by atoms with Gasteiger partial charge in [0.05, 0.1) is 12.2 Å². The lowest BCUT2D eigenvalue weighted by Crippen LogP contribution is -2.33. The maximum Gasteiger partial charge on any atom is 0.135 e. The van der Waals surface area contributed by atoms with E-state index >= 15 is 0 Å². The molecule has 2 unspecified atom stereocenters. The minimum absolute atomic E-state index is 0.257. The van der Waals surface area contributed by atoms with E-state index in [1.165, 1.54) is 13.8 Å². The molecular formula is C6H12N2O4. The fourth-order valence-corrected chi connectivity index (χ4v) is 0.698. The highest BCUT2D eigenvalue weighted by Crippen LogP contribution is 1.96. The molecule has 0 aliphatic carbocycles. The molecule has 0 fully saturated rings. The van der Waals surface area contributed by atoms with Crippen LogP contribution in [-0.2, 0) is 0 Å². The Bertz CT molecular complexity index is 176. The van der Waals surface area contributed by atoms with E-state index < -0.39 is 12.2 Å². The van der Waals surface area contributed by atoms with Crippen molar-refractivity contribution in [2.75, 3.05) is 0 Å². The van der Waals surface area contributed by atoms with Crippen LogP contribution in [0.4, 0.5) is 0 Å². The third kappa shape index (κ3) is 2.48. The highest BCUT2D eigenvalue weighted by molar-refractivity contribution is 6.44. The van der Waals surface area contributed by atoms with Crippen LogP contribution < -0.4 is 0 Å². The predicted octanol–water partition coefficient (Wildman–Crippen LogP) is -0.592. The second-order valence-electron chi connectivity index (χ2n) is 2.32. The van der Waals surface area contributed by atoms with E-state index in [9.17, 15) is 0 Å². The average molecular weight is 176 g/mol. The van der Waals surface area contributed by atoms with Crippen molar-refractivity contribution in [3.63, 3.8) is 0 Å². The first kappa shape index (κ1) is 10.9. The quantitative estimate of drug-likeness (QED) is 0.262. The molecule has 4 N–H and O–H groups in total. The Balaban J connectivity index is 4.73. The Labute approximate surface area is 69.4 Å². The maximum atomic E-state index is 8.97. The molecule has 0 aromatic heterocycles. The second-order valence-corrected chi connectivity index (χ2v) is 2.32. The van der Waals surface area contributed by atoms with E-state index in [0.717, 1.165) is 0 Å². The van der Waals surface area contributed by atoms with E-state index in [1.54, 1.807) is 0 Å². The van der Waals surface area contributed by atoms with Crippen LogP contribution in [0.1, 0.15) is 13.8 Å². The lowest BCUT2D eigenvalue weighted by atomic mass is 10.1. The summed E-state index contributed by atoms with van der Waals surface area (Å²) in [6.07, 6.45) is -2.20. The van der Waals surface area contributed by atoms with Crippen molar-refractivity contribution in [1.82, 2.24) is 0 Å². The van der Waals surface area contributed by atoms with Crippen LogP contribution in [0.25, 0.3) is 0 Å². The first-order chi connectivity index (χ1) is 5.54. The van der Waals surface area contributed by atoms with Gasteiger partial charge in [0, 0.05) is 0 Å². The van der Waals surface area contributed by atoms with Gasteiger partial charge in [0.15, 0.2) is 0 Å². The summed E-state index contributed by atoms with van der Waals surface area (Å²) in [5, 5.41) is 40.1. The molecule has 6 nitrogen and oxygen atoms in total. The summed E-state index contributed by atoms with van der Waals surface area (Å²) in [4.78, 5) is 0. The lowest BCUT2D eigenvalue weighted by molar-refractivity contribution is 0.234. The monoisotopic (exact) mass is 176 g/mol. The van der Waals surface area contributed by atoms with Crippen molar-refractivity contribution in [3.05, 3.63) is 0 Å². The molecule has 0 saturated heterocycles. The summed E-state index contributed by atoms with van der Waals surface area (Å²) in [5.74, 6) is 0. The van der Waals surface area contributed by atoms with Crippen LogP contribution in [0.3, 0.4) is 0 Å². The van der Waals surface area contributed by atoms with E-state index in [2.05, 4.69) is 10.3 Å². The first-order valence-electron chi connectivity index (χ1n) is 3.35. The molecule has 0 bridgehead atoms. The zero-order valence-electron chi connectivity index (χ0n) is 6.84. The molecule has 70 valence electrons. The predicted molar refractivity (Wildman–Crippen MR) is 41.8 cm³/mol. The minimum atomic E-state index is -1.10. The summed E-state index contributed by atoms with van der Waals surface area (Å²) >= 11 is 0. The molecular weight excluding hydrogens is 164 g/mol. The molecule has 6 heteroatoms. The number of aliphatic hydroxyl groups excluding tert-OH is 2. The Morgan fingerprint density at radius 2 is 1.17 bits per heavy atom. The van der Waals surface area contributed by atoms with Gasteiger partial charge in [-0.3, -0.25) is 0 Å². The number of aliphatic hydroxyl groups is 2. The summed E-state index contributed by atoms with van der Waals surface area (Å²) in [6.45, 7) is 2.64. The van der Waals surface area contributed by atoms with E-state index in [0.29, 0.717) is 0 Å². The van der Waals surface area contributed by atoms with Crippen LogP contribution in [0, 0.1) is 0 Å². The minimum Gasteiger partial charge on any atom is -0.411 e. The highest BCUT2D eigenvalue weighted by atomic mass is 16.4. The molecule has 0 saturated carbocycles. The van der Waals surface area contributed by atoms with Gasteiger partial charge in [0.1, 0.15) is 11.4 Å². The van der Waals surface area contributed by atoms with Gasteiger partial charge in [-0.2, -0.15) is 0 Å². The third-order valence-corrected chi connectivity index (χ3v) is 1.27. The van der Waals surface area contributed by atoms with Gasteiger partial charge >= 0.3 is 0 Å². The van der Waals surface area contributed by atoms with Crippen molar-refractivity contribution >= 4 is 11.4 Å². The average Bonchev–Trinajstić information content (AvgIpc) is 1.98. The van der Waals surface area contributed by atoms with E-state index in [-0.39, 0.29) is 11.4 Å². The smallest absolute Gasteiger partial charge is 0.135 e. The molecule has 0 aromatic rings. The number of oxime groups is 2. The normalized spacial score (nSPS) is 19.0. The van der Waals surface area contributed by atoms with Gasteiger partial charge in [0.2, 0.25) is 0 Å². The third-order valence-electron chi connectivity index (χ3n) is 1.27. The summed E-state index contributed by atoms with van der Waals surface area (Å²) < 4.78 is 0. The Hall–Kier alpha value is -1.14. The molecule has 0 heterocycles. The van der Waals surface area contributed by atoms with Crippen molar-refractivity contribution in [1.29, 1.82) is 0 Å². The van der Waals surface area contributed by atoms with E-state index in [4.69, 9.17) is 20.6 Å². The van der Waals surface area contributed by atoms with Crippen molar-refractivity contribution in [2.24, 2.45) is 10.3 Å². The van der Waals surface area contributed by atoms with Crippen LogP contribution in [0.15, 0.2) is 10.3 Å². The highest BCUT2D eigenvalue weighted by Gasteiger charge is 2.20. The number of hydrogen-bond donors (Lipinski definition) is 4.